The summed E-state index contributed by atoms with van der Waals surface area (Å²) >= 11 is 0. The fourth-order valence-electron chi connectivity index (χ4n) is 4.22. The van der Waals surface area contributed by atoms with Crippen LogP contribution < -0.4 is 10.1 Å². The second-order valence-electron chi connectivity index (χ2n) is 8.91. The average Bonchev–Trinajstić information content (AvgIpc) is 2.81. The Morgan fingerprint density at radius 1 is 1.15 bits per heavy atom. The van der Waals surface area contributed by atoms with Crippen LogP contribution in [0, 0.1) is 12.8 Å². The van der Waals surface area contributed by atoms with Gasteiger partial charge in [0.05, 0.1) is 12.6 Å². The molecule has 0 fully saturated rings. The molecule has 2 aromatic carbocycles. The molecule has 2 amide bonds. The average molecular weight is 453 g/mol. The van der Waals surface area contributed by atoms with E-state index in [9.17, 15) is 9.59 Å². The van der Waals surface area contributed by atoms with Gasteiger partial charge in [0.1, 0.15) is 5.75 Å². The van der Waals surface area contributed by atoms with Crippen LogP contribution in [0.4, 0.5) is 0 Å². The van der Waals surface area contributed by atoms with E-state index in [0.29, 0.717) is 31.9 Å². The lowest BCUT2D eigenvalue weighted by Crippen LogP contribution is -2.42. The molecule has 2 aromatic rings. The maximum absolute atomic E-state index is 13.1. The molecule has 1 heterocycles. The molecule has 1 aliphatic rings. The molecule has 0 spiro atoms. The van der Waals surface area contributed by atoms with E-state index in [1.807, 2.05) is 37.8 Å². The van der Waals surface area contributed by atoms with Crippen LogP contribution in [0.15, 0.2) is 42.5 Å². The normalized spacial score (nSPS) is 16.3. The Bertz CT molecular complexity index is 955. The number of hydrogen-bond acceptors (Lipinski definition) is 4. The lowest BCUT2D eigenvalue weighted by atomic mass is 9.87. The molecular weight excluding hydrogens is 416 g/mol. The maximum Gasteiger partial charge on any atom is 0.261 e. The first-order valence-corrected chi connectivity index (χ1v) is 11.8. The highest BCUT2D eigenvalue weighted by molar-refractivity contribution is 5.81. The molecule has 1 aliphatic heterocycles. The molecule has 0 aromatic heterocycles. The minimum Gasteiger partial charge on any atom is -0.481 e. The van der Waals surface area contributed by atoms with Crippen molar-refractivity contribution >= 4 is 11.8 Å². The molecular formula is C27H36N2O4. The van der Waals surface area contributed by atoms with Crippen molar-refractivity contribution in [2.45, 2.75) is 52.7 Å². The smallest absolute Gasteiger partial charge is 0.261 e. The Kier molecular flexibility index (Phi) is 8.50. The van der Waals surface area contributed by atoms with Gasteiger partial charge in [-0.05, 0) is 48.6 Å². The SMILES string of the molecule is CCC(Oc1ccc2c(c1)C(c1ccc(C)cc1)N(C(=O)C(C)C)CC2)C(=O)NCCOC. The summed E-state index contributed by atoms with van der Waals surface area (Å²) in [7, 11) is 1.60. The molecule has 6 nitrogen and oxygen atoms in total. The van der Waals surface area contributed by atoms with Gasteiger partial charge < -0.3 is 19.7 Å². The number of aryl methyl sites for hydroxylation is 1. The van der Waals surface area contributed by atoms with Gasteiger partial charge in [0, 0.05) is 26.1 Å². The van der Waals surface area contributed by atoms with Gasteiger partial charge in [-0.15, -0.1) is 0 Å². The number of hydrogen-bond donors (Lipinski definition) is 1. The molecule has 33 heavy (non-hydrogen) atoms. The molecule has 2 atom stereocenters. The van der Waals surface area contributed by atoms with Crippen molar-refractivity contribution in [2.24, 2.45) is 5.92 Å². The van der Waals surface area contributed by atoms with Crippen LogP contribution in [0.25, 0.3) is 0 Å². The summed E-state index contributed by atoms with van der Waals surface area (Å²) in [5.41, 5.74) is 4.53. The monoisotopic (exact) mass is 452 g/mol. The second kappa shape index (κ2) is 11.3. The third kappa shape index (κ3) is 5.93. The van der Waals surface area contributed by atoms with Crippen LogP contribution >= 0.6 is 0 Å². The van der Waals surface area contributed by atoms with Crippen molar-refractivity contribution in [3.8, 4) is 5.75 Å². The van der Waals surface area contributed by atoms with Gasteiger partial charge in [-0.1, -0.05) is 56.7 Å². The summed E-state index contributed by atoms with van der Waals surface area (Å²) in [6, 6.07) is 14.2. The van der Waals surface area contributed by atoms with Gasteiger partial charge in [-0.3, -0.25) is 9.59 Å². The molecule has 1 N–H and O–H groups in total. The van der Waals surface area contributed by atoms with E-state index in [-0.39, 0.29) is 23.8 Å². The van der Waals surface area contributed by atoms with Crippen LogP contribution in [0.3, 0.4) is 0 Å². The largest absolute Gasteiger partial charge is 0.481 e. The predicted molar refractivity (Wildman–Crippen MR) is 129 cm³/mol. The van der Waals surface area contributed by atoms with Gasteiger partial charge in [-0.2, -0.15) is 0 Å². The van der Waals surface area contributed by atoms with E-state index in [0.717, 1.165) is 17.5 Å². The summed E-state index contributed by atoms with van der Waals surface area (Å²) in [5, 5.41) is 2.85. The molecule has 178 valence electrons. The standard InChI is InChI=1S/C27H36N2O4/c1-6-24(26(30)28-14-16-32-5)33-22-12-11-20-13-15-29(27(31)18(2)3)25(23(20)17-22)21-9-7-19(4)8-10-21/h7-12,17-18,24-25H,6,13-16H2,1-5H3,(H,28,30). The Morgan fingerprint density at radius 3 is 2.52 bits per heavy atom. The highest BCUT2D eigenvalue weighted by atomic mass is 16.5. The lowest BCUT2D eigenvalue weighted by Gasteiger charge is -2.39. The van der Waals surface area contributed by atoms with Crippen molar-refractivity contribution in [2.75, 3.05) is 26.8 Å². The Morgan fingerprint density at radius 2 is 1.88 bits per heavy atom. The number of methoxy groups -OCH3 is 1. The van der Waals surface area contributed by atoms with Gasteiger partial charge in [0.15, 0.2) is 6.10 Å². The van der Waals surface area contributed by atoms with Crippen LogP contribution in [0.5, 0.6) is 5.75 Å². The minimum atomic E-state index is -0.588. The highest BCUT2D eigenvalue weighted by Gasteiger charge is 2.33. The van der Waals surface area contributed by atoms with Crippen molar-refractivity contribution < 1.29 is 19.1 Å². The number of benzene rings is 2. The summed E-state index contributed by atoms with van der Waals surface area (Å²) in [6.45, 7) is 9.46. The Labute approximate surface area is 197 Å². The predicted octanol–water partition coefficient (Wildman–Crippen LogP) is 4.05. The lowest BCUT2D eigenvalue weighted by molar-refractivity contribution is -0.136. The summed E-state index contributed by atoms with van der Waals surface area (Å²) in [4.78, 5) is 27.6. The molecule has 0 saturated carbocycles. The third-order valence-corrected chi connectivity index (χ3v) is 6.06. The maximum atomic E-state index is 13.1. The van der Waals surface area contributed by atoms with Crippen LogP contribution in [0.1, 0.15) is 55.5 Å². The Balaban J connectivity index is 1.93. The molecule has 2 unspecified atom stereocenters. The molecule has 0 aliphatic carbocycles. The van der Waals surface area contributed by atoms with Crippen LogP contribution in [-0.2, 0) is 20.7 Å². The first kappa shape index (κ1) is 24.8. The number of fused-ring (bicyclic) bond motifs is 1. The van der Waals surface area contributed by atoms with Gasteiger partial charge in [-0.25, -0.2) is 0 Å². The molecule has 0 bridgehead atoms. The third-order valence-electron chi connectivity index (χ3n) is 6.06. The van der Waals surface area contributed by atoms with E-state index >= 15 is 0 Å². The van der Waals surface area contributed by atoms with E-state index < -0.39 is 6.10 Å². The van der Waals surface area contributed by atoms with Gasteiger partial charge >= 0.3 is 0 Å². The number of carbonyl (C=O) groups excluding carboxylic acids is 2. The van der Waals surface area contributed by atoms with Crippen LogP contribution in [-0.4, -0.2) is 49.6 Å². The van der Waals surface area contributed by atoms with Crippen molar-refractivity contribution in [3.05, 3.63) is 64.7 Å². The van der Waals surface area contributed by atoms with E-state index in [4.69, 9.17) is 9.47 Å². The molecule has 3 rings (SSSR count). The number of carbonyl (C=O) groups is 2. The first-order valence-electron chi connectivity index (χ1n) is 11.8. The van der Waals surface area contributed by atoms with Crippen molar-refractivity contribution in [1.82, 2.24) is 10.2 Å². The van der Waals surface area contributed by atoms with E-state index in [1.165, 1.54) is 11.1 Å². The number of nitrogens with one attached hydrogen (secondary N) is 1. The van der Waals surface area contributed by atoms with Crippen molar-refractivity contribution in [3.63, 3.8) is 0 Å². The zero-order valence-electron chi connectivity index (χ0n) is 20.4. The highest BCUT2D eigenvalue weighted by Crippen LogP contribution is 2.38. The first-order chi connectivity index (χ1) is 15.8. The minimum absolute atomic E-state index is 0.0841. The molecule has 6 heteroatoms. The number of amides is 2. The van der Waals surface area contributed by atoms with Gasteiger partial charge in [0.2, 0.25) is 5.91 Å². The summed E-state index contributed by atoms with van der Waals surface area (Å²) in [6.07, 6.45) is 0.759. The topological polar surface area (TPSA) is 67.9 Å². The fraction of sp³-hybridized carbons (Fsp3) is 0.481. The van der Waals surface area contributed by atoms with E-state index in [1.54, 1.807) is 7.11 Å². The Hall–Kier alpha value is -2.86. The van der Waals surface area contributed by atoms with E-state index in [2.05, 4.69) is 42.6 Å². The zero-order chi connectivity index (χ0) is 24.0. The van der Waals surface area contributed by atoms with Gasteiger partial charge in [0.25, 0.3) is 5.91 Å². The summed E-state index contributed by atoms with van der Waals surface area (Å²) < 4.78 is 11.1. The molecule has 0 radical (unpaired) electrons. The fourth-order valence-corrected chi connectivity index (χ4v) is 4.22. The number of nitrogens with zero attached hydrogens (tertiary/aromatic N) is 1. The number of rotatable bonds is 9. The van der Waals surface area contributed by atoms with Crippen molar-refractivity contribution in [1.29, 1.82) is 0 Å². The second-order valence-corrected chi connectivity index (χ2v) is 8.91. The van der Waals surface area contributed by atoms with Crippen LogP contribution in [0.2, 0.25) is 0 Å². The quantitative estimate of drug-likeness (QED) is 0.583. The molecule has 0 saturated heterocycles. The number of ether oxygens (including phenoxy) is 2. The zero-order valence-corrected chi connectivity index (χ0v) is 20.4. The summed E-state index contributed by atoms with van der Waals surface area (Å²) in [5.74, 6) is 0.540.